The van der Waals surface area contributed by atoms with Crippen LogP contribution in [0.25, 0.3) is 0 Å². The number of rotatable bonds is 7. The van der Waals surface area contributed by atoms with Gasteiger partial charge in [0.25, 0.3) is 0 Å². The van der Waals surface area contributed by atoms with E-state index in [1.807, 2.05) is 0 Å². The van der Waals surface area contributed by atoms with Crippen molar-refractivity contribution in [2.75, 3.05) is 41.7 Å². The SMILES string of the molecule is COc1cc(OC)c(Cl)c(N(C(=O)OC(C)(C)C)C(=O)N(C)c2cc(N(C(=O)OC(C)(C)C)c3ccc(C(N)=O)cc3N)ncn2)c1Cl. The van der Waals surface area contributed by atoms with Crippen LogP contribution in [0.3, 0.4) is 0 Å². The van der Waals surface area contributed by atoms with Crippen LogP contribution in [-0.2, 0) is 9.47 Å². The molecule has 0 aliphatic heterocycles. The van der Waals surface area contributed by atoms with Gasteiger partial charge in [0.15, 0.2) is 0 Å². The molecule has 4 N–H and O–H groups in total. The van der Waals surface area contributed by atoms with Crippen LogP contribution >= 0.6 is 23.2 Å². The van der Waals surface area contributed by atoms with E-state index < -0.39 is 35.3 Å². The van der Waals surface area contributed by atoms with Crippen LogP contribution in [0.4, 0.5) is 43.1 Å². The Balaban J connectivity index is 2.21. The maximum atomic E-state index is 14.2. The number of imide groups is 1. The summed E-state index contributed by atoms with van der Waals surface area (Å²) in [6.45, 7) is 9.81. The van der Waals surface area contributed by atoms with Gasteiger partial charge >= 0.3 is 18.2 Å². The van der Waals surface area contributed by atoms with E-state index in [-0.39, 0.29) is 55.8 Å². The first-order valence-corrected chi connectivity index (χ1v) is 14.9. The molecule has 1 heterocycles. The van der Waals surface area contributed by atoms with Crippen LogP contribution in [0.2, 0.25) is 10.0 Å². The fourth-order valence-corrected chi connectivity index (χ4v) is 4.74. The molecule has 0 bridgehead atoms. The maximum absolute atomic E-state index is 14.2. The number of hydrogen-bond donors (Lipinski definition) is 2. The highest BCUT2D eigenvalue weighted by Gasteiger charge is 2.37. The highest BCUT2D eigenvalue weighted by atomic mass is 35.5. The third kappa shape index (κ3) is 8.46. The highest BCUT2D eigenvalue weighted by molar-refractivity contribution is 6.43. The molecular formula is C31H37Cl2N7O8. The number of carbonyl (C=O) groups is 4. The van der Waals surface area contributed by atoms with Crippen LogP contribution < -0.4 is 35.6 Å². The minimum atomic E-state index is -1.13. The number of amides is 5. The van der Waals surface area contributed by atoms with Crippen LogP contribution in [0.1, 0.15) is 51.9 Å². The average Bonchev–Trinajstić information content (AvgIpc) is 2.98. The fraction of sp³-hybridized carbons (Fsp3) is 0.355. The van der Waals surface area contributed by atoms with Crippen molar-refractivity contribution in [1.29, 1.82) is 0 Å². The normalized spacial score (nSPS) is 11.3. The van der Waals surface area contributed by atoms with Crippen LogP contribution in [0.15, 0.2) is 36.7 Å². The highest BCUT2D eigenvalue weighted by Crippen LogP contribution is 2.47. The number of methoxy groups -OCH3 is 2. The van der Waals surface area contributed by atoms with E-state index in [2.05, 4.69) is 9.97 Å². The van der Waals surface area contributed by atoms with Crippen LogP contribution in [-0.4, -0.2) is 66.6 Å². The summed E-state index contributed by atoms with van der Waals surface area (Å²) >= 11 is 13.2. The molecule has 1 aromatic heterocycles. The molecule has 2 aromatic carbocycles. The predicted octanol–water partition coefficient (Wildman–Crippen LogP) is 6.55. The Bertz CT molecular complexity index is 1710. The lowest BCUT2D eigenvalue weighted by atomic mass is 10.1. The number of nitrogen functional groups attached to an aromatic ring is 1. The molecule has 48 heavy (non-hydrogen) atoms. The number of primary amides is 1. The molecule has 258 valence electrons. The molecule has 3 rings (SSSR count). The monoisotopic (exact) mass is 705 g/mol. The zero-order valence-electron chi connectivity index (χ0n) is 27.9. The molecule has 0 radical (unpaired) electrons. The second kappa shape index (κ2) is 14.4. The summed E-state index contributed by atoms with van der Waals surface area (Å²) in [5, 5.41) is -0.379. The number of ether oxygens (including phenoxy) is 4. The Morgan fingerprint density at radius 3 is 1.79 bits per heavy atom. The lowest BCUT2D eigenvalue weighted by Crippen LogP contribution is -2.48. The van der Waals surface area contributed by atoms with Gasteiger partial charge in [0.05, 0.1) is 25.6 Å². The zero-order valence-corrected chi connectivity index (χ0v) is 29.4. The van der Waals surface area contributed by atoms with E-state index in [0.29, 0.717) is 4.90 Å². The predicted molar refractivity (Wildman–Crippen MR) is 182 cm³/mol. The van der Waals surface area contributed by atoms with E-state index in [0.717, 1.165) is 16.1 Å². The van der Waals surface area contributed by atoms with Gasteiger partial charge in [0.1, 0.15) is 56.4 Å². The van der Waals surface area contributed by atoms with Gasteiger partial charge in [0.2, 0.25) is 5.91 Å². The number of carbonyl (C=O) groups excluding carboxylic acids is 4. The molecular weight excluding hydrogens is 669 g/mol. The van der Waals surface area contributed by atoms with E-state index in [1.165, 1.54) is 51.6 Å². The topological polar surface area (TPSA) is 193 Å². The van der Waals surface area contributed by atoms with Gasteiger partial charge in [-0.1, -0.05) is 23.2 Å². The van der Waals surface area contributed by atoms with Crippen molar-refractivity contribution >= 4 is 76.0 Å². The molecule has 5 amide bonds. The molecule has 3 aromatic rings. The molecule has 0 unspecified atom stereocenters. The summed E-state index contributed by atoms with van der Waals surface area (Å²) in [6.07, 6.45) is -0.950. The van der Waals surface area contributed by atoms with Crippen molar-refractivity contribution in [2.24, 2.45) is 5.73 Å². The quantitative estimate of drug-likeness (QED) is 0.253. The molecule has 0 saturated carbocycles. The second-order valence-corrected chi connectivity index (χ2v) is 12.9. The average molecular weight is 707 g/mol. The maximum Gasteiger partial charge on any atom is 0.423 e. The Kier molecular flexibility index (Phi) is 11.2. The Morgan fingerprint density at radius 1 is 0.792 bits per heavy atom. The Hall–Kier alpha value is -5.02. The lowest BCUT2D eigenvalue weighted by molar-refractivity contribution is 0.0584. The van der Waals surface area contributed by atoms with Gasteiger partial charge in [-0.05, 0) is 59.7 Å². The third-order valence-electron chi connectivity index (χ3n) is 6.17. The third-order valence-corrected chi connectivity index (χ3v) is 6.90. The first-order chi connectivity index (χ1) is 22.2. The molecule has 0 saturated heterocycles. The second-order valence-electron chi connectivity index (χ2n) is 12.1. The molecule has 0 atom stereocenters. The van der Waals surface area contributed by atoms with Crippen molar-refractivity contribution < 1.29 is 38.1 Å². The summed E-state index contributed by atoms with van der Waals surface area (Å²) in [5.41, 5.74) is 9.54. The zero-order chi connectivity index (χ0) is 36.3. The van der Waals surface area contributed by atoms with Gasteiger partial charge in [0, 0.05) is 24.7 Å². The molecule has 0 fully saturated rings. The minimum Gasteiger partial charge on any atom is -0.495 e. The Labute approximate surface area is 287 Å². The van der Waals surface area contributed by atoms with Gasteiger partial charge in [-0.15, -0.1) is 0 Å². The van der Waals surface area contributed by atoms with Gasteiger partial charge in [-0.25, -0.2) is 29.3 Å². The fourth-order valence-electron chi connectivity index (χ4n) is 4.07. The van der Waals surface area contributed by atoms with Crippen LogP contribution in [0.5, 0.6) is 11.5 Å². The number of aromatic nitrogens is 2. The smallest absolute Gasteiger partial charge is 0.423 e. The van der Waals surface area contributed by atoms with Crippen molar-refractivity contribution in [2.45, 2.75) is 52.7 Å². The summed E-state index contributed by atoms with van der Waals surface area (Å²) in [5.74, 6) is -0.815. The number of hydrogen-bond acceptors (Lipinski definition) is 11. The van der Waals surface area contributed by atoms with Crippen molar-refractivity contribution in [3.05, 3.63) is 52.3 Å². The number of urea groups is 1. The Morgan fingerprint density at radius 2 is 1.31 bits per heavy atom. The molecule has 0 spiro atoms. The lowest BCUT2D eigenvalue weighted by Gasteiger charge is -2.31. The van der Waals surface area contributed by atoms with Crippen molar-refractivity contribution in [3.8, 4) is 11.5 Å². The van der Waals surface area contributed by atoms with E-state index in [4.69, 9.17) is 53.6 Å². The van der Waals surface area contributed by atoms with E-state index in [1.54, 1.807) is 41.5 Å². The van der Waals surface area contributed by atoms with Crippen molar-refractivity contribution in [1.82, 2.24) is 9.97 Å². The van der Waals surface area contributed by atoms with Gasteiger partial charge in [-0.2, -0.15) is 4.90 Å². The summed E-state index contributed by atoms with van der Waals surface area (Å²) in [6, 6.07) is 5.69. The largest absolute Gasteiger partial charge is 0.495 e. The first-order valence-electron chi connectivity index (χ1n) is 14.2. The molecule has 17 heteroatoms. The first kappa shape index (κ1) is 37.4. The van der Waals surface area contributed by atoms with Gasteiger partial charge in [-0.3, -0.25) is 9.69 Å². The summed E-state index contributed by atoms with van der Waals surface area (Å²) in [4.78, 5) is 64.2. The molecule has 0 aliphatic carbocycles. The summed E-state index contributed by atoms with van der Waals surface area (Å²) in [7, 11) is 3.97. The van der Waals surface area contributed by atoms with Crippen molar-refractivity contribution in [3.63, 3.8) is 0 Å². The molecule has 0 aliphatic rings. The molecule has 15 nitrogen and oxygen atoms in total. The number of halogens is 2. The number of nitrogens with zero attached hydrogens (tertiary/aromatic N) is 5. The van der Waals surface area contributed by atoms with Gasteiger partial charge < -0.3 is 30.4 Å². The van der Waals surface area contributed by atoms with Crippen LogP contribution in [0, 0.1) is 0 Å². The number of anilines is 5. The number of benzene rings is 2. The standard InChI is InChI=1S/C31H37Cl2N7O8/c1-30(2,3)47-28(43)39(18-11-10-16(26(35)41)12-17(18)34)22-14-21(36-15-37-22)38(7)27(42)40(29(44)48-31(4,5)6)25-23(32)19(45-8)13-20(46-9)24(25)33/h10-15H,34H2,1-9H3,(H2,35,41). The number of nitrogens with two attached hydrogens (primary N) is 2. The minimum absolute atomic E-state index is 0.00545. The summed E-state index contributed by atoms with van der Waals surface area (Å²) < 4.78 is 21.8. The van der Waals surface area contributed by atoms with E-state index in [9.17, 15) is 19.2 Å². The van der Waals surface area contributed by atoms with E-state index >= 15 is 0 Å².